The van der Waals surface area contributed by atoms with Gasteiger partial charge >= 0.3 is 0 Å². The average Bonchev–Trinajstić information content (AvgIpc) is 3.22. The quantitative estimate of drug-likeness (QED) is 0.636. The zero-order valence-electron chi connectivity index (χ0n) is 17.8. The summed E-state index contributed by atoms with van der Waals surface area (Å²) in [6, 6.07) is 16.5. The Bertz CT molecular complexity index is 858. The summed E-state index contributed by atoms with van der Waals surface area (Å²) in [4.78, 5) is 14.6. The fraction of sp³-hybridized carbons (Fsp3) is 0.500. The number of amides is 1. The minimum Gasteiger partial charge on any atom is -0.393 e. The molecule has 160 valence electrons. The molecule has 1 aliphatic heterocycles. The molecule has 0 aromatic heterocycles. The molecule has 0 unspecified atom stereocenters. The molecular weight excluding hydrogens is 394 g/mol. The van der Waals surface area contributed by atoms with Gasteiger partial charge in [-0.25, -0.2) is 0 Å². The van der Waals surface area contributed by atoms with Gasteiger partial charge in [-0.1, -0.05) is 42.8 Å². The molecule has 0 radical (unpaired) electrons. The van der Waals surface area contributed by atoms with E-state index in [1.807, 2.05) is 29.2 Å². The molecule has 3 nitrogen and oxygen atoms in total. The predicted molar refractivity (Wildman–Crippen MR) is 122 cm³/mol. The zero-order valence-corrected chi connectivity index (χ0v) is 18.5. The Morgan fingerprint density at radius 3 is 2.53 bits per heavy atom. The number of rotatable bonds is 5. The molecule has 2 aromatic carbocycles. The van der Waals surface area contributed by atoms with Gasteiger partial charge in [0.15, 0.2) is 0 Å². The van der Waals surface area contributed by atoms with E-state index in [0.29, 0.717) is 37.8 Å². The van der Waals surface area contributed by atoms with E-state index in [1.54, 1.807) is 0 Å². The molecule has 1 aliphatic carbocycles. The first-order valence-electron chi connectivity index (χ1n) is 11.3. The number of aliphatic hydroxyl groups is 1. The molecule has 3 atom stereocenters. The average molecular weight is 426 g/mol. The lowest BCUT2D eigenvalue weighted by atomic mass is 9.88. The number of piperidine rings is 1. The van der Waals surface area contributed by atoms with Crippen molar-refractivity contribution in [3.05, 3.63) is 70.2 Å². The second-order valence-electron chi connectivity index (χ2n) is 9.21. The number of aliphatic hydroxyl groups excluding tert-OH is 1. The maximum absolute atomic E-state index is 12.7. The van der Waals surface area contributed by atoms with Crippen LogP contribution in [0.4, 0.5) is 0 Å². The van der Waals surface area contributed by atoms with Crippen molar-refractivity contribution in [2.24, 2.45) is 5.92 Å². The number of carbonyl (C=O) groups is 1. The minimum absolute atomic E-state index is 0.0908. The van der Waals surface area contributed by atoms with Crippen LogP contribution in [0.15, 0.2) is 48.5 Å². The SMILES string of the molecule is C[C@@H](C[C@H]1CC[C@@H](c2ccc(C(=O)N3CCC(O)CC3)cc2)C1)c1cccc(Cl)c1. The van der Waals surface area contributed by atoms with Crippen molar-refractivity contribution in [1.82, 2.24) is 4.90 Å². The van der Waals surface area contributed by atoms with E-state index in [0.717, 1.165) is 16.5 Å². The van der Waals surface area contributed by atoms with E-state index in [-0.39, 0.29) is 12.0 Å². The number of hydrogen-bond acceptors (Lipinski definition) is 2. The summed E-state index contributed by atoms with van der Waals surface area (Å²) >= 11 is 6.16. The number of hydrogen-bond donors (Lipinski definition) is 1. The van der Waals surface area contributed by atoms with Crippen LogP contribution in [0, 0.1) is 5.92 Å². The highest BCUT2D eigenvalue weighted by Gasteiger charge is 2.28. The summed E-state index contributed by atoms with van der Waals surface area (Å²) < 4.78 is 0. The molecule has 0 spiro atoms. The highest BCUT2D eigenvalue weighted by atomic mass is 35.5. The van der Waals surface area contributed by atoms with Crippen LogP contribution in [0.2, 0.25) is 5.02 Å². The lowest BCUT2D eigenvalue weighted by molar-refractivity contribution is 0.0546. The van der Waals surface area contributed by atoms with Crippen molar-refractivity contribution < 1.29 is 9.90 Å². The first kappa shape index (κ1) is 21.4. The van der Waals surface area contributed by atoms with Crippen LogP contribution < -0.4 is 0 Å². The maximum atomic E-state index is 12.7. The first-order valence-corrected chi connectivity index (χ1v) is 11.7. The molecule has 2 fully saturated rings. The number of halogens is 1. The Balaban J connectivity index is 1.32. The minimum atomic E-state index is -0.256. The van der Waals surface area contributed by atoms with Gasteiger partial charge in [0.25, 0.3) is 5.91 Å². The van der Waals surface area contributed by atoms with Crippen molar-refractivity contribution in [3.8, 4) is 0 Å². The summed E-state index contributed by atoms with van der Waals surface area (Å²) in [6.07, 6.45) is 6.03. The molecular formula is C26H32ClNO2. The van der Waals surface area contributed by atoms with Crippen molar-refractivity contribution in [2.75, 3.05) is 13.1 Å². The molecule has 1 N–H and O–H groups in total. The van der Waals surface area contributed by atoms with Gasteiger partial charge in [-0.3, -0.25) is 4.79 Å². The fourth-order valence-corrected chi connectivity index (χ4v) is 5.39. The van der Waals surface area contributed by atoms with E-state index in [9.17, 15) is 9.90 Å². The molecule has 1 saturated heterocycles. The number of likely N-dealkylation sites (tertiary alicyclic amines) is 1. The second kappa shape index (κ2) is 9.53. The van der Waals surface area contributed by atoms with E-state index in [4.69, 9.17) is 11.6 Å². The van der Waals surface area contributed by atoms with Gasteiger partial charge in [-0.2, -0.15) is 0 Å². The van der Waals surface area contributed by atoms with Crippen molar-refractivity contribution in [1.29, 1.82) is 0 Å². The highest BCUT2D eigenvalue weighted by molar-refractivity contribution is 6.30. The van der Waals surface area contributed by atoms with Crippen LogP contribution in [-0.2, 0) is 0 Å². The molecule has 4 rings (SSSR count). The van der Waals surface area contributed by atoms with E-state index in [2.05, 4.69) is 31.2 Å². The maximum Gasteiger partial charge on any atom is 0.253 e. The van der Waals surface area contributed by atoms with Gasteiger partial charge in [0.2, 0.25) is 0 Å². The molecule has 30 heavy (non-hydrogen) atoms. The van der Waals surface area contributed by atoms with E-state index >= 15 is 0 Å². The van der Waals surface area contributed by atoms with Crippen molar-refractivity contribution >= 4 is 17.5 Å². The molecule has 0 bridgehead atoms. The Kier molecular flexibility index (Phi) is 6.80. The fourth-order valence-electron chi connectivity index (χ4n) is 5.19. The van der Waals surface area contributed by atoms with Crippen LogP contribution in [-0.4, -0.2) is 35.1 Å². The molecule has 1 saturated carbocycles. The third-order valence-corrected chi connectivity index (χ3v) is 7.26. The van der Waals surface area contributed by atoms with Crippen LogP contribution in [0.5, 0.6) is 0 Å². The smallest absolute Gasteiger partial charge is 0.253 e. The standard InChI is InChI=1S/C26H32ClNO2/c1-18(22-3-2-4-24(27)17-22)15-19-5-6-23(16-19)20-7-9-21(10-8-20)26(30)28-13-11-25(29)12-14-28/h2-4,7-10,17-19,23,25,29H,5-6,11-16H2,1H3/t18-,19+,23+/m0/s1. The normalized spacial score (nSPS) is 23.5. The Hall–Kier alpha value is -1.84. The molecule has 4 heteroatoms. The summed E-state index contributed by atoms with van der Waals surface area (Å²) in [5.74, 6) is 1.95. The molecule has 1 amide bonds. The van der Waals surface area contributed by atoms with Gasteiger partial charge in [0.05, 0.1) is 6.10 Å². The summed E-state index contributed by atoms with van der Waals surface area (Å²) in [5.41, 5.74) is 3.46. The summed E-state index contributed by atoms with van der Waals surface area (Å²) in [7, 11) is 0. The lowest BCUT2D eigenvalue weighted by Crippen LogP contribution is -2.40. The molecule has 2 aliphatic rings. The van der Waals surface area contributed by atoms with Gasteiger partial charge in [-0.05, 0) is 91.7 Å². The largest absolute Gasteiger partial charge is 0.393 e. The third-order valence-electron chi connectivity index (χ3n) is 7.03. The monoisotopic (exact) mass is 425 g/mol. The second-order valence-corrected chi connectivity index (χ2v) is 9.65. The van der Waals surface area contributed by atoms with E-state index < -0.39 is 0 Å². The first-order chi connectivity index (χ1) is 14.5. The summed E-state index contributed by atoms with van der Waals surface area (Å²) in [5, 5.41) is 10.5. The zero-order chi connectivity index (χ0) is 21.1. The third kappa shape index (κ3) is 5.07. The predicted octanol–water partition coefficient (Wildman–Crippen LogP) is 6.01. The van der Waals surface area contributed by atoms with E-state index in [1.165, 1.54) is 36.8 Å². The molecule has 1 heterocycles. The Morgan fingerprint density at radius 2 is 1.83 bits per heavy atom. The van der Waals surface area contributed by atoms with Crippen LogP contribution in [0.25, 0.3) is 0 Å². The van der Waals surface area contributed by atoms with Crippen molar-refractivity contribution in [2.45, 2.75) is 63.4 Å². The van der Waals surface area contributed by atoms with Gasteiger partial charge in [-0.15, -0.1) is 0 Å². The van der Waals surface area contributed by atoms with Crippen LogP contribution >= 0.6 is 11.6 Å². The van der Waals surface area contributed by atoms with Gasteiger partial charge in [0.1, 0.15) is 0 Å². The van der Waals surface area contributed by atoms with Crippen LogP contribution in [0.1, 0.15) is 78.8 Å². The van der Waals surface area contributed by atoms with Crippen molar-refractivity contribution in [3.63, 3.8) is 0 Å². The number of benzene rings is 2. The molecule has 2 aromatic rings. The summed E-state index contributed by atoms with van der Waals surface area (Å²) in [6.45, 7) is 3.60. The Morgan fingerprint density at radius 1 is 1.10 bits per heavy atom. The highest BCUT2D eigenvalue weighted by Crippen LogP contribution is 2.42. The van der Waals surface area contributed by atoms with Gasteiger partial charge in [0, 0.05) is 23.7 Å². The number of carbonyl (C=O) groups excluding carboxylic acids is 1. The topological polar surface area (TPSA) is 40.5 Å². The van der Waals surface area contributed by atoms with Crippen LogP contribution in [0.3, 0.4) is 0 Å². The number of nitrogens with zero attached hydrogens (tertiary/aromatic N) is 1. The van der Waals surface area contributed by atoms with Gasteiger partial charge < -0.3 is 10.0 Å². The lowest BCUT2D eigenvalue weighted by Gasteiger charge is -2.29. The Labute approximate surface area is 185 Å².